The summed E-state index contributed by atoms with van der Waals surface area (Å²) >= 11 is 0. The molecular weight excluding hydrogens is 469 g/mol. The second-order valence-corrected chi connectivity index (χ2v) is 6.16. The van der Waals surface area contributed by atoms with Crippen LogP contribution in [0.1, 0.15) is 18.1 Å². The van der Waals surface area contributed by atoms with Gasteiger partial charge in [0.1, 0.15) is 0 Å². The van der Waals surface area contributed by atoms with E-state index in [0.29, 0.717) is 26.6 Å². The van der Waals surface area contributed by atoms with Crippen molar-refractivity contribution in [2.45, 2.75) is 20.0 Å². The molecule has 0 unspecified atom stereocenters. The van der Waals surface area contributed by atoms with E-state index in [1.54, 1.807) is 0 Å². The number of hydrogen-bond acceptors (Lipinski definition) is 4. The quantitative estimate of drug-likeness (QED) is 0.241. The Kier molecular flexibility index (Phi) is 9.92. The Labute approximate surface area is 183 Å². The Morgan fingerprint density at radius 2 is 1.86 bits per heavy atom. The van der Waals surface area contributed by atoms with Gasteiger partial charge in [-0.25, -0.2) is 0 Å². The number of aliphatic imine (C=N–C) groups is 1. The summed E-state index contributed by atoms with van der Waals surface area (Å²) in [5.41, 5.74) is 2.38. The van der Waals surface area contributed by atoms with E-state index in [1.165, 1.54) is 11.1 Å². The largest absolute Gasteiger partial charge is 0.454 e. The maximum Gasteiger partial charge on any atom is 0.231 e. The van der Waals surface area contributed by atoms with Gasteiger partial charge in [-0.3, -0.25) is 4.99 Å². The molecule has 2 aromatic rings. The lowest BCUT2D eigenvalue weighted by Gasteiger charge is -2.11. The van der Waals surface area contributed by atoms with E-state index < -0.39 is 0 Å². The first-order valence-electron chi connectivity index (χ1n) is 9.37. The normalized spacial score (nSPS) is 12.4. The molecule has 152 valence electrons. The van der Waals surface area contributed by atoms with E-state index in [1.807, 2.05) is 30.3 Å². The highest BCUT2D eigenvalue weighted by molar-refractivity contribution is 14.0. The van der Waals surface area contributed by atoms with Crippen molar-refractivity contribution in [1.29, 1.82) is 0 Å². The first kappa shape index (κ1) is 22.3. The third kappa shape index (κ3) is 7.20. The second kappa shape index (κ2) is 12.5. The first-order valence-corrected chi connectivity index (χ1v) is 9.37. The van der Waals surface area contributed by atoms with Crippen LogP contribution in [-0.4, -0.2) is 39.0 Å². The third-order valence-corrected chi connectivity index (χ3v) is 4.10. The van der Waals surface area contributed by atoms with Crippen LogP contribution in [0.2, 0.25) is 0 Å². The van der Waals surface area contributed by atoms with Crippen molar-refractivity contribution in [3.05, 3.63) is 59.7 Å². The van der Waals surface area contributed by atoms with Gasteiger partial charge in [0, 0.05) is 13.1 Å². The van der Waals surface area contributed by atoms with Gasteiger partial charge in [0.15, 0.2) is 17.5 Å². The fourth-order valence-corrected chi connectivity index (χ4v) is 2.75. The number of fused-ring (bicyclic) bond motifs is 1. The van der Waals surface area contributed by atoms with Crippen LogP contribution in [0.4, 0.5) is 0 Å². The van der Waals surface area contributed by atoms with E-state index >= 15 is 0 Å². The molecule has 0 aromatic heterocycles. The average Bonchev–Trinajstić information content (AvgIpc) is 3.16. The fourth-order valence-electron chi connectivity index (χ4n) is 2.75. The van der Waals surface area contributed by atoms with Crippen LogP contribution < -0.4 is 20.1 Å². The van der Waals surface area contributed by atoms with Gasteiger partial charge in [-0.2, -0.15) is 0 Å². The zero-order valence-corrected chi connectivity index (χ0v) is 18.5. The smallest absolute Gasteiger partial charge is 0.231 e. The molecule has 28 heavy (non-hydrogen) atoms. The van der Waals surface area contributed by atoms with Crippen molar-refractivity contribution in [3.8, 4) is 11.5 Å². The van der Waals surface area contributed by atoms with Crippen molar-refractivity contribution in [2.75, 3.05) is 33.0 Å². The molecule has 2 N–H and O–H groups in total. The summed E-state index contributed by atoms with van der Waals surface area (Å²) < 4.78 is 16.4. The van der Waals surface area contributed by atoms with Crippen molar-refractivity contribution in [1.82, 2.24) is 10.6 Å². The standard InChI is InChI=1S/C21H27N3O3.HI/c1-2-22-21(24-12-13-25-15-18-6-4-3-5-7-18)23-11-10-17-8-9-19-20(14-17)27-16-26-19;/h3-9,14H,2,10-13,15-16H2,1H3,(H2,22,23,24);1H. The van der Waals surface area contributed by atoms with E-state index in [9.17, 15) is 0 Å². The summed E-state index contributed by atoms with van der Waals surface area (Å²) in [5, 5.41) is 6.61. The van der Waals surface area contributed by atoms with Crippen LogP contribution >= 0.6 is 24.0 Å². The Morgan fingerprint density at radius 3 is 2.68 bits per heavy atom. The molecule has 0 aliphatic carbocycles. The molecule has 0 radical (unpaired) electrons. The minimum absolute atomic E-state index is 0. The summed E-state index contributed by atoms with van der Waals surface area (Å²) in [7, 11) is 0. The lowest BCUT2D eigenvalue weighted by Crippen LogP contribution is -2.38. The van der Waals surface area contributed by atoms with Gasteiger partial charge in [0.2, 0.25) is 6.79 Å². The predicted octanol–water partition coefficient (Wildman–Crippen LogP) is 3.35. The SMILES string of the molecule is CCNC(=NCCOCc1ccccc1)NCCc1ccc2c(c1)OCO2.I. The molecular formula is C21H28IN3O3. The minimum Gasteiger partial charge on any atom is -0.454 e. The fraction of sp³-hybridized carbons (Fsp3) is 0.381. The number of benzene rings is 2. The lowest BCUT2D eigenvalue weighted by atomic mass is 10.1. The van der Waals surface area contributed by atoms with Gasteiger partial charge in [-0.15, -0.1) is 24.0 Å². The topological polar surface area (TPSA) is 64.1 Å². The monoisotopic (exact) mass is 497 g/mol. The summed E-state index contributed by atoms with van der Waals surface area (Å²) in [6.07, 6.45) is 0.881. The van der Waals surface area contributed by atoms with E-state index in [-0.39, 0.29) is 24.0 Å². The van der Waals surface area contributed by atoms with E-state index in [0.717, 1.165) is 37.0 Å². The number of ether oxygens (including phenoxy) is 3. The highest BCUT2D eigenvalue weighted by atomic mass is 127. The van der Waals surface area contributed by atoms with Crippen molar-refractivity contribution >= 4 is 29.9 Å². The molecule has 6 nitrogen and oxygen atoms in total. The highest BCUT2D eigenvalue weighted by Crippen LogP contribution is 2.32. The number of rotatable bonds is 9. The molecule has 1 heterocycles. The highest BCUT2D eigenvalue weighted by Gasteiger charge is 2.12. The Bertz CT molecular complexity index is 741. The van der Waals surface area contributed by atoms with Gasteiger partial charge in [0.25, 0.3) is 0 Å². The molecule has 0 saturated carbocycles. The van der Waals surface area contributed by atoms with Gasteiger partial charge >= 0.3 is 0 Å². The molecule has 0 atom stereocenters. The third-order valence-electron chi connectivity index (χ3n) is 4.10. The maximum atomic E-state index is 5.68. The predicted molar refractivity (Wildman–Crippen MR) is 122 cm³/mol. The summed E-state index contributed by atoms with van der Waals surface area (Å²) in [5.74, 6) is 2.45. The van der Waals surface area contributed by atoms with Crippen LogP contribution in [-0.2, 0) is 17.8 Å². The summed E-state index contributed by atoms with van der Waals surface area (Å²) in [4.78, 5) is 4.56. The summed E-state index contributed by atoms with van der Waals surface area (Å²) in [6, 6.07) is 16.2. The van der Waals surface area contributed by atoms with Gasteiger partial charge in [-0.1, -0.05) is 36.4 Å². The average molecular weight is 497 g/mol. The molecule has 3 rings (SSSR count). The van der Waals surface area contributed by atoms with Crippen molar-refractivity contribution in [3.63, 3.8) is 0 Å². The number of nitrogens with zero attached hydrogens (tertiary/aromatic N) is 1. The minimum atomic E-state index is 0. The Hall–Kier alpha value is -2.00. The van der Waals surface area contributed by atoms with Crippen molar-refractivity contribution < 1.29 is 14.2 Å². The Morgan fingerprint density at radius 1 is 1.04 bits per heavy atom. The molecule has 0 amide bonds. The number of hydrogen-bond donors (Lipinski definition) is 2. The molecule has 1 aliphatic heterocycles. The molecule has 7 heteroatoms. The maximum absolute atomic E-state index is 5.68. The zero-order valence-electron chi connectivity index (χ0n) is 16.1. The second-order valence-electron chi connectivity index (χ2n) is 6.16. The van der Waals surface area contributed by atoms with E-state index in [2.05, 4.69) is 40.7 Å². The molecule has 0 bridgehead atoms. The number of halogens is 1. The van der Waals surface area contributed by atoms with Crippen LogP contribution in [0, 0.1) is 0 Å². The lowest BCUT2D eigenvalue weighted by molar-refractivity contribution is 0.128. The zero-order chi connectivity index (χ0) is 18.7. The number of guanidine groups is 1. The van der Waals surface area contributed by atoms with Crippen molar-refractivity contribution in [2.24, 2.45) is 4.99 Å². The molecule has 0 fully saturated rings. The van der Waals surface area contributed by atoms with Gasteiger partial charge < -0.3 is 24.8 Å². The molecule has 0 saturated heterocycles. The van der Waals surface area contributed by atoms with E-state index in [4.69, 9.17) is 14.2 Å². The number of nitrogens with one attached hydrogen (secondary N) is 2. The van der Waals surface area contributed by atoms with Crippen LogP contribution in [0.3, 0.4) is 0 Å². The van der Waals surface area contributed by atoms with Gasteiger partial charge in [0.05, 0.1) is 19.8 Å². The summed E-state index contributed by atoms with van der Waals surface area (Å²) in [6.45, 7) is 5.79. The van der Waals surface area contributed by atoms with Crippen LogP contribution in [0.15, 0.2) is 53.5 Å². The van der Waals surface area contributed by atoms with Crippen LogP contribution in [0.5, 0.6) is 11.5 Å². The Balaban J connectivity index is 0.00000280. The first-order chi connectivity index (χ1) is 13.3. The van der Waals surface area contributed by atoms with Crippen LogP contribution in [0.25, 0.3) is 0 Å². The molecule has 1 aliphatic rings. The van der Waals surface area contributed by atoms with Gasteiger partial charge in [-0.05, 0) is 36.6 Å². The molecule has 0 spiro atoms. The molecule has 2 aromatic carbocycles.